The van der Waals surface area contributed by atoms with E-state index >= 15 is 0 Å². The second kappa shape index (κ2) is 4.21. The Bertz CT molecular complexity index is 464. The molecular weight excluding hydrogens is 244 g/mol. The molecule has 0 N–H and O–H groups in total. The van der Waals surface area contributed by atoms with Crippen molar-refractivity contribution in [2.45, 2.75) is 65.2 Å². The fourth-order valence-corrected chi connectivity index (χ4v) is 6.53. The van der Waals surface area contributed by atoms with Gasteiger partial charge < -0.3 is 0 Å². The number of carbonyl (C=O) groups excluding carboxylic acids is 1. The fourth-order valence-electron chi connectivity index (χ4n) is 6.53. The van der Waals surface area contributed by atoms with Crippen molar-refractivity contribution in [2.75, 3.05) is 0 Å². The van der Waals surface area contributed by atoms with Crippen LogP contribution in [0.2, 0.25) is 0 Å². The van der Waals surface area contributed by atoms with Gasteiger partial charge in [0.05, 0.1) is 0 Å². The van der Waals surface area contributed by atoms with Crippen LogP contribution in [0.4, 0.5) is 0 Å². The van der Waals surface area contributed by atoms with Gasteiger partial charge in [0.1, 0.15) is 5.78 Å². The highest BCUT2D eigenvalue weighted by Crippen LogP contribution is 2.64. The van der Waals surface area contributed by atoms with Crippen LogP contribution in [-0.4, -0.2) is 5.78 Å². The van der Waals surface area contributed by atoms with E-state index < -0.39 is 0 Å². The van der Waals surface area contributed by atoms with Gasteiger partial charge in [0.2, 0.25) is 0 Å². The highest BCUT2D eigenvalue weighted by molar-refractivity contribution is 5.79. The monoisotopic (exact) mass is 272 g/mol. The van der Waals surface area contributed by atoms with Crippen molar-refractivity contribution in [3.05, 3.63) is 12.2 Å². The first-order valence-electron chi connectivity index (χ1n) is 8.72. The normalized spacial score (nSPS) is 54.2. The maximum Gasteiger partial charge on any atom is 0.133 e. The molecule has 3 saturated carbocycles. The average Bonchev–Trinajstić information content (AvgIpc) is 2.81. The number of rotatable bonds is 0. The zero-order chi connectivity index (χ0) is 14.0. The highest BCUT2D eigenvalue weighted by Gasteiger charge is 2.56. The first-order valence-corrected chi connectivity index (χ1v) is 8.72. The van der Waals surface area contributed by atoms with Crippen molar-refractivity contribution in [1.29, 1.82) is 0 Å². The van der Waals surface area contributed by atoms with Gasteiger partial charge in [0.15, 0.2) is 0 Å². The average molecular weight is 272 g/mol. The Morgan fingerprint density at radius 1 is 1.10 bits per heavy atom. The molecule has 6 atom stereocenters. The summed E-state index contributed by atoms with van der Waals surface area (Å²) in [5.74, 6) is 3.96. The van der Waals surface area contributed by atoms with E-state index in [9.17, 15) is 4.79 Å². The van der Waals surface area contributed by atoms with Gasteiger partial charge in [-0.2, -0.15) is 0 Å². The Kier molecular flexibility index (Phi) is 2.76. The van der Waals surface area contributed by atoms with E-state index in [2.05, 4.69) is 26.0 Å². The Morgan fingerprint density at radius 3 is 2.80 bits per heavy atom. The summed E-state index contributed by atoms with van der Waals surface area (Å²) < 4.78 is 0. The number of hydrogen-bond donors (Lipinski definition) is 0. The maximum atomic E-state index is 11.8. The van der Waals surface area contributed by atoms with Crippen LogP contribution in [0.3, 0.4) is 0 Å². The summed E-state index contributed by atoms with van der Waals surface area (Å²) in [5, 5.41) is 0. The minimum Gasteiger partial charge on any atom is -0.300 e. The molecule has 0 aromatic carbocycles. The summed E-state index contributed by atoms with van der Waals surface area (Å²) in [7, 11) is 0. The first-order chi connectivity index (χ1) is 9.53. The second-order valence-corrected chi connectivity index (χ2v) is 8.58. The Hall–Kier alpha value is -0.590. The lowest BCUT2D eigenvalue weighted by molar-refractivity contribution is -0.136. The van der Waals surface area contributed by atoms with Crippen molar-refractivity contribution in [3.63, 3.8) is 0 Å². The predicted molar refractivity (Wildman–Crippen MR) is 81.3 cm³/mol. The minimum atomic E-state index is 0.473. The molecule has 4 rings (SSSR count). The van der Waals surface area contributed by atoms with Crippen LogP contribution in [0.15, 0.2) is 12.2 Å². The highest BCUT2D eigenvalue weighted by atomic mass is 16.1. The Labute approximate surface area is 123 Å². The third kappa shape index (κ3) is 1.64. The van der Waals surface area contributed by atoms with Crippen LogP contribution in [0.1, 0.15) is 65.2 Å². The quantitative estimate of drug-likeness (QED) is 0.581. The van der Waals surface area contributed by atoms with Crippen molar-refractivity contribution < 1.29 is 4.79 Å². The summed E-state index contributed by atoms with van der Waals surface area (Å²) in [6.07, 6.45) is 14.7. The number of hydrogen-bond acceptors (Lipinski definition) is 1. The van der Waals surface area contributed by atoms with Crippen molar-refractivity contribution in [1.82, 2.24) is 0 Å². The van der Waals surface area contributed by atoms with E-state index in [-0.39, 0.29) is 0 Å². The number of ketones is 1. The lowest BCUT2D eigenvalue weighted by atomic mass is 9.45. The fraction of sp³-hybridized carbons (Fsp3) is 0.842. The van der Waals surface area contributed by atoms with Gasteiger partial charge in [-0.05, 0) is 73.0 Å². The molecule has 20 heavy (non-hydrogen) atoms. The van der Waals surface area contributed by atoms with Crippen molar-refractivity contribution in [2.24, 2.45) is 34.5 Å². The molecule has 0 aliphatic heterocycles. The molecule has 110 valence electrons. The van der Waals surface area contributed by atoms with Crippen LogP contribution in [0.25, 0.3) is 0 Å². The van der Waals surface area contributed by atoms with Crippen molar-refractivity contribution >= 4 is 5.78 Å². The number of fused-ring (bicyclic) bond motifs is 5. The van der Waals surface area contributed by atoms with Gasteiger partial charge in [-0.1, -0.05) is 26.0 Å². The molecule has 3 fully saturated rings. The molecule has 0 aromatic rings. The van der Waals surface area contributed by atoms with Gasteiger partial charge in [-0.25, -0.2) is 0 Å². The number of allylic oxidation sites excluding steroid dienone is 2. The lowest BCUT2D eigenvalue weighted by Crippen LogP contribution is -2.52. The number of Topliss-reactive ketones (excluding diaryl/α,β-unsaturated/α-hetero) is 1. The van der Waals surface area contributed by atoms with Gasteiger partial charge in [0, 0.05) is 12.8 Å². The number of carbonyl (C=O) groups is 1. The molecule has 0 amide bonds. The molecule has 1 unspecified atom stereocenters. The largest absolute Gasteiger partial charge is 0.300 e. The molecule has 0 saturated heterocycles. The first kappa shape index (κ1) is 13.1. The smallest absolute Gasteiger partial charge is 0.133 e. The van der Waals surface area contributed by atoms with Crippen LogP contribution < -0.4 is 0 Å². The molecule has 0 aromatic heterocycles. The second-order valence-electron chi connectivity index (χ2n) is 8.58. The van der Waals surface area contributed by atoms with E-state index in [0.29, 0.717) is 22.5 Å². The van der Waals surface area contributed by atoms with Gasteiger partial charge in [0.25, 0.3) is 0 Å². The van der Waals surface area contributed by atoms with Gasteiger partial charge in [-0.15, -0.1) is 0 Å². The lowest BCUT2D eigenvalue weighted by Gasteiger charge is -2.59. The minimum absolute atomic E-state index is 0.473. The van der Waals surface area contributed by atoms with Crippen LogP contribution in [0.5, 0.6) is 0 Å². The standard InChI is InChI=1S/C19H28O/c1-18-9-3-4-16(18)15-6-5-13-12-14(20)7-11-19(13,2)17(15)8-10-18/h3,9,13,15-17H,4-8,10-12H2,1-2H3/t13?,15-,16-,17-,18-,19-/m0/s1. The zero-order valence-electron chi connectivity index (χ0n) is 13.0. The van der Waals surface area contributed by atoms with E-state index in [1.165, 1.54) is 38.5 Å². The topological polar surface area (TPSA) is 17.1 Å². The summed E-state index contributed by atoms with van der Waals surface area (Å²) in [6.45, 7) is 5.03. The predicted octanol–water partition coefficient (Wildman–Crippen LogP) is 4.76. The molecule has 4 aliphatic carbocycles. The molecule has 0 radical (unpaired) electrons. The van der Waals surface area contributed by atoms with Gasteiger partial charge >= 0.3 is 0 Å². The van der Waals surface area contributed by atoms with E-state index in [1.54, 1.807) is 0 Å². The van der Waals surface area contributed by atoms with E-state index in [4.69, 9.17) is 0 Å². The van der Waals surface area contributed by atoms with E-state index in [0.717, 1.165) is 30.6 Å². The van der Waals surface area contributed by atoms with Crippen molar-refractivity contribution in [3.8, 4) is 0 Å². The summed E-state index contributed by atoms with van der Waals surface area (Å²) in [6, 6.07) is 0. The molecule has 4 aliphatic rings. The SMILES string of the molecule is C[C@@]12C=CC[C@H]1[C@@H]1CCC3CC(=O)CC[C@]3(C)[C@H]1CC2. The third-order valence-electron chi connectivity index (χ3n) is 7.81. The van der Waals surface area contributed by atoms with Crippen LogP contribution in [-0.2, 0) is 4.79 Å². The molecule has 1 nitrogen and oxygen atoms in total. The van der Waals surface area contributed by atoms with Crippen LogP contribution >= 0.6 is 0 Å². The summed E-state index contributed by atoms with van der Waals surface area (Å²) in [5.41, 5.74) is 0.968. The maximum absolute atomic E-state index is 11.8. The molecule has 0 heterocycles. The summed E-state index contributed by atoms with van der Waals surface area (Å²) in [4.78, 5) is 11.8. The van der Waals surface area contributed by atoms with E-state index in [1.807, 2.05) is 0 Å². The molecule has 1 heteroatoms. The molecular formula is C19H28O. The Morgan fingerprint density at radius 2 is 1.95 bits per heavy atom. The van der Waals surface area contributed by atoms with Crippen LogP contribution in [0, 0.1) is 34.5 Å². The van der Waals surface area contributed by atoms with Gasteiger partial charge in [-0.3, -0.25) is 4.79 Å². The zero-order valence-corrected chi connectivity index (χ0v) is 13.0. The third-order valence-corrected chi connectivity index (χ3v) is 7.81. The summed E-state index contributed by atoms with van der Waals surface area (Å²) >= 11 is 0. The molecule has 0 bridgehead atoms. The molecule has 0 spiro atoms. The Balaban J connectivity index is 1.64.